The maximum Gasteiger partial charge on any atom is 0.516 e. The Morgan fingerprint density at radius 3 is 2.27 bits per heavy atom. The summed E-state index contributed by atoms with van der Waals surface area (Å²) < 4.78 is 14.2. The lowest BCUT2D eigenvalue weighted by atomic mass is 9.85. The molecule has 7 nitrogen and oxygen atoms in total. The van der Waals surface area contributed by atoms with E-state index in [1.165, 1.54) is 12.8 Å². The van der Waals surface area contributed by atoms with Gasteiger partial charge in [-0.05, 0) is 59.4 Å². The van der Waals surface area contributed by atoms with Crippen molar-refractivity contribution >= 4 is 24.3 Å². The number of likely N-dealkylation sites (tertiary alicyclic amines) is 1. The van der Waals surface area contributed by atoms with Gasteiger partial charge in [0.2, 0.25) is 0 Å². The number of nitrogens with zero attached hydrogens (tertiary/aromatic N) is 4. The predicted molar refractivity (Wildman–Crippen MR) is 115 cm³/mol. The van der Waals surface area contributed by atoms with E-state index < -0.39 is 18.3 Å². The van der Waals surface area contributed by atoms with Gasteiger partial charge < -0.3 is 14.2 Å². The number of carbonyl (C=O) groups excluding carboxylic acids is 1. The molecule has 3 fully saturated rings. The summed E-state index contributed by atoms with van der Waals surface area (Å²) in [6.45, 7) is 9.79. The molecule has 0 N–H and O–H groups in total. The Bertz CT molecular complexity index is 958. The molecule has 1 aliphatic carbocycles. The summed E-state index contributed by atoms with van der Waals surface area (Å²) in [7, 11) is -0.534. The van der Waals surface area contributed by atoms with Gasteiger partial charge in [0.15, 0.2) is 5.65 Å². The molecule has 0 spiro atoms. The molecule has 4 heterocycles. The van der Waals surface area contributed by atoms with Crippen molar-refractivity contribution in [2.24, 2.45) is 0 Å². The van der Waals surface area contributed by atoms with Crippen LogP contribution in [0.2, 0.25) is 0 Å². The highest BCUT2D eigenvalue weighted by Gasteiger charge is 2.52. The summed E-state index contributed by atoms with van der Waals surface area (Å²) >= 11 is 0. The van der Waals surface area contributed by atoms with Crippen LogP contribution in [0.4, 0.5) is 0 Å². The van der Waals surface area contributed by atoms with E-state index in [2.05, 4.69) is 0 Å². The van der Waals surface area contributed by atoms with Gasteiger partial charge in [0, 0.05) is 30.8 Å². The summed E-state index contributed by atoms with van der Waals surface area (Å²) in [5, 5.41) is 4.79. The summed E-state index contributed by atoms with van der Waals surface area (Å²) in [5.41, 5.74) is 2.17. The van der Waals surface area contributed by atoms with Crippen molar-refractivity contribution in [2.45, 2.75) is 83.3 Å². The van der Waals surface area contributed by atoms with E-state index in [-0.39, 0.29) is 5.91 Å². The minimum atomic E-state index is -0.534. The van der Waals surface area contributed by atoms with Crippen LogP contribution in [-0.2, 0) is 9.31 Å². The molecule has 2 aromatic heterocycles. The van der Waals surface area contributed by atoms with E-state index >= 15 is 0 Å². The Kier molecular flexibility index (Phi) is 4.71. The fourth-order valence-electron chi connectivity index (χ4n) is 4.31. The lowest BCUT2D eigenvalue weighted by molar-refractivity contribution is 0.00578. The van der Waals surface area contributed by atoms with E-state index in [1.54, 1.807) is 0 Å². The van der Waals surface area contributed by atoms with Crippen molar-refractivity contribution in [3.05, 3.63) is 23.5 Å². The fourth-order valence-corrected chi connectivity index (χ4v) is 4.31. The van der Waals surface area contributed by atoms with Gasteiger partial charge in [0.25, 0.3) is 5.91 Å². The first-order chi connectivity index (χ1) is 14.2. The van der Waals surface area contributed by atoms with Gasteiger partial charge >= 0.3 is 7.12 Å². The Morgan fingerprint density at radius 1 is 1.03 bits per heavy atom. The molecule has 3 aliphatic rings. The second kappa shape index (κ2) is 7.06. The molecule has 1 amide bonds. The smallest absolute Gasteiger partial charge is 0.398 e. The van der Waals surface area contributed by atoms with Gasteiger partial charge in [-0.2, -0.15) is 5.10 Å². The minimum Gasteiger partial charge on any atom is -0.398 e. The molecule has 5 rings (SSSR count). The van der Waals surface area contributed by atoms with Crippen LogP contribution in [0, 0.1) is 0 Å². The third-order valence-corrected chi connectivity index (χ3v) is 7.08. The molecule has 160 valence electrons. The Balaban J connectivity index is 1.50. The zero-order chi connectivity index (χ0) is 21.1. The van der Waals surface area contributed by atoms with E-state index in [4.69, 9.17) is 19.4 Å². The highest BCUT2D eigenvalue weighted by molar-refractivity contribution is 6.61. The van der Waals surface area contributed by atoms with Gasteiger partial charge in [-0.25, -0.2) is 9.50 Å². The van der Waals surface area contributed by atoms with Crippen LogP contribution >= 0.6 is 0 Å². The normalized spacial score (nSPS) is 23.7. The number of carbonyl (C=O) groups is 1. The highest BCUT2D eigenvalue weighted by atomic mass is 16.7. The van der Waals surface area contributed by atoms with Crippen molar-refractivity contribution < 1.29 is 14.1 Å². The van der Waals surface area contributed by atoms with E-state index in [1.807, 2.05) is 49.2 Å². The molecule has 0 bridgehead atoms. The maximum absolute atomic E-state index is 13.2. The molecule has 0 radical (unpaired) electrons. The maximum atomic E-state index is 13.2. The number of aromatic nitrogens is 3. The summed E-state index contributed by atoms with van der Waals surface area (Å²) in [6.07, 6.45) is 6.79. The van der Waals surface area contributed by atoms with Gasteiger partial charge in [-0.3, -0.25) is 4.79 Å². The molecule has 0 aromatic carbocycles. The van der Waals surface area contributed by atoms with Gasteiger partial charge in [-0.15, -0.1) is 0 Å². The number of fused-ring (bicyclic) bond motifs is 1. The van der Waals surface area contributed by atoms with E-state index in [0.717, 1.165) is 44.5 Å². The number of rotatable bonds is 3. The topological polar surface area (TPSA) is 69.0 Å². The van der Waals surface area contributed by atoms with Crippen molar-refractivity contribution in [1.82, 2.24) is 19.5 Å². The molecule has 0 atom stereocenters. The van der Waals surface area contributed by atoms with E-state index in [0.29, 0.717) is 22.9 Å². The second-order valence-electron chi connectivity index (χ2n) is 9.97. The minimum absolute atomic E-state index is 0.0414. The molecule has 2 aliphatic heterocycles. The summed E-state index contributed by atoms with van der Waals surface area (Å²) in [6, 6.07) is 3.87. The quantitative estimate of drug-likeness (QED) is 0.728. The molecule has 0 unspecified atom stereocenters. The van der Waals surface area contributed by atoms with Crippen molar-refractivity contribution in [2.75, 3.05) is 13.1 Å². The fraction of sp³-hybridized carbons (Fsp3) is 0.682. The average Bonchev–Trinajstić information content (AvgIpc) is 3.45. The lowest BCUT2D eigenvalue weighted by Crippen LogP contribution is -2.41. The lowest BCUT2D eigenvalue weighted by Gasteiger charge is -2.32. The number of hydrogen-bond acceptors (Lipinski definition) is 5. The molecular formula is C22H31BN4O3. The van der Waals surface area contributed by atoms with Gasteiger partial charge in [0.1, 0.15) is 5.69 Å². The third-order valence-electron chi connectivity index (χ3n) is 7.08. The van der Waals surface area contributed by atoms with Crippen molar-refractivity contribution in [3.63, 3.8) is 0 Å². The Labute approximate surface area is 178 Å². The van der Waals surface area contributed by atoms with Crippen LogP contribution in [0.25, 0.3) is 5.65 Å². The molecule has 8 heteroatoms. The average molecular weight is 410 g/mol. The molecule has 2 saturated heterocycles. The Hall–Kier alpha value is -1.93. The Morgan fingerprint density at radius 2 is 1.67 bits per heavy atom. The standard InChI is InChI=1S/C22H31BN4O3/c1-21(2)22(3,4)30-23(29-21)18-14-19-24-16(13-17(15-9-10-15)27(19)25-18)20(28)26-11-7-5-6-8-12-26/h13-15H,5-12H2,1-4H3. The van der Waals surface area contributed by atoms with Crippen LogP contribution in [-0.4, -0.2) is 56.8 Å². The zero-order valence-corrected chi connectivity index (χ0v) is 18.5. The van der Waals surface area contributed by atoms with E-state index in [9.17, 15) is 4.79 Å². The predicted octanol–water partition coefficient (Wildman–Crippen LogP) is 2.92. The summed E-state index contributed by atoms with van der Waals surface area (Å²) in [5.74, 6) is 0.483. The van der Waals surface area contributed by atoms with Crippen LogP contribution in [0.5, 0.6) is 0 Å². The largest absolute Gasteiger partial charge is 0.516 e. The van der Waals surface area contributed by atoms with Crippen LogP contribution in [0.1, 0.15) is 88.3 Å². The van der Waals surface area contributed by atoms with Gasteiger partial charge in [0.05, 0.1) is 16.8 Å². The zero-order valence-electron chi connectivity index (χ0n) is 18.5. The summed E-state index contributed by atoms with van der Waals surface area (Å²) in [4.78, 5) is 19.9. The second-order valence-corrected chi connectivity index (χ2v) is 9.97. The van der Waals surface area contributed by atoms with Crippen LogP contribution in [0.15, 0.2) is 12.1 Å². The first-order valence-corrected chi connectivity index (χ1v) is 11.3. The number of amides is 1. The van der Waals surface area contributed by atoms with Crippen LogP contribution in [0.3, 0.4) is 0 Å². The molecule has 2 aromatic rings. The van der Waals surface area contributed by atoms with Crippen molar-refractivity contribution in [3.8, 4) is 0 Å². The van der Waals surface area contributed by atoms with Crippen molar-refractivity contribution in [1.29, 1.82) is 0 Å². The first kappa shape index (κ1) is 20.0. The van der Waals surface area contributed by atoms with Gasteiger partial charge in [-0.1, -0.05) is 12.8 Å². The number of hydrogen-bond donors (Lipinski definition) is 0. The SMILES string of the molecule is CC1(C)OB(c2cc3nc(C(=O)N4CCCCCC4)cc(C4CC4)n3n2)OC1(C)C. The highest BCUT2D eigenvalue weighted by Crippen LogP contribution is 2.40. The molecular weight excluding hydrogens is 379 g/mol. The first-order valence-electron chi connectivity index (χ1n) is 11.3. The molecule has 30 heavy (non-hydrogen) atoms. The molecule has 1 saturated carbocycles. The van der Waals surface area contributed by atoms with Crippen LogP contribution < -0.4 is 5.59 Å². The monoisotopic (exact) mass is 410 g/mol. The third kappa shape index (κ3) is 3.44.